The molecule has 2 aromatic carbocycles. The van der Waals surface area contributed by atoms with Crippen molar-refractivity contribution >= 4 is 17.4 Å². The highest BCUT2D eigenvalue weighted by molar-refractivity contribution is 6.08. The summed E-state index contributed by atoms with van der Waals surface area (Å²) in [4.78, 5) is 29.0. The lowest BCUT2D eigenvalue weighted by atomic mass is 9.69. The molecule has 0 saturated heterocycles. The van der Waals surface area contributed by atoms with E-state index in [0.29, 0.717) is 24.3 Å². The minimum absolute atomic E-state index is 0.0121. The highest BCUT2D eigenvalue weighted by Crippen LogP contribution is 2.50. The number of rotatable bonds is 5. The Morgan fingerprint density at radius 2 is 1.78 bits per heavy atom. The number of carbonyl (C=O) groups excluding carboxylic acids is 2. The van der Waals surface area contributed by atoms with E-state index in [2.05, 4.69) is 26.8 Å². The lowest BCUT2D eigenvalue weighted by molar-refractivity contribution is -0.121. The lowest BCUT2D eigenvalue weighted by Gasteiger charge is -2.43. The van der Waals surface area contributed by atoms with E-state index in [9.17, 15) is 9.59 Å². The van der Waals surface area contributed by atoms with Gasteiger partial charge in [0.25, 0.3) is 0 Å². The minimum Gasteiger partial charge on any atom is -0.497 e. The average Bonchev–Trinajstić information content (AvgIpc) is 2.77. The normalized spacial score (nSPS) is 20.3. The van der Waals surface area contributed by atoms with Gasteiger partial charge in [-0.2, -0.15) is 0 Å². The maximum Gasteiger partial charge on any atom is 0.232 e. The summed E-state index contributed by atoms with van der Waals surface area (Å²) in [6.45, 7) is 6.28. The second-order valence-corrected chi connectivity index (χ2v) is 9.38. The van der Waals surface area contributed by atoms with Crippen LogP contribution in [0.15, 0.2) is 53.7 Å². The molecule has 1 aliphatic heterocycles. The Kier molecular flexibility index (Phi) is 5.85. The number of amides is 1. The van der Waals surface area contributed by atoms with Gasteiger partial charge in [-0.15, -0.1) is 0 Å². The summed E-state index contributed by atoms with van der Waals surface area (Å²) in [5.74, 6) is 1.11. The van der Waals surface area contributed by atoms with Crippen molar-refractivity contribution < 1.29 is 19.1 Å². The van der Waals surface area contributed by atoms with Gasteiger partial charge in [-0.05, 0) is 36.0 Å². The van der Waals surface area contributed by atoms with Crippen molar-refractivity contribution in [2.45, 2.75) is 52.4 Å². The Hall–Kier alpha value is -3.08. The second-order valence-electron chi connectivity index (χ2n) is 9.38. The molecule has 2 aliphatic rings. The first-order chi connectivity index (χ1) is 15.3. The zero-order valence-corrected chi connectivity index (χ0v) is 19.5. The van der Waals surface area contributed by atoms with Crippen molar-refractivity contribution in [3.05, 3.63) is 64.9 Å². The first-order valence-corrected chi connectivity index (χ1v) is 11.2. The average molecular weight is 434 g/mol. The highest BCUT2D eigenvalue weighted by atomic mass is 16.5. The SMILES string of the molecule is CCc1ccccc1N1C(=O)CC(c2ccc(OC)cc2OC)C2=C1CC(C)(C)CC2=O. The van der Waals surface area contributed by atoms with Crippen molar-refractivity contribution in [2.24, 2.45) is 5.41 Å². The Bertz CT molecular complexity index is 1100. The van der Waals surface area contributed by atoms with Crippen LogP contribution >= 0.6 is 0 Å². The van der Waals surface area contributed by atoms with Gasteiger partial charge in [-0.3, -0.25) is 14.5 Å². The third kappa shape index (κ3) is 3.81. The van der Waals surface area contributed by atoms with Crippen LogP contribution in [0.2, 0.25) is 0 Å². The van der Waals surface area contributed by atoms with E-state index in [-0.39, 0.29) is 29.4 Å². The molecular formula is C27H31NO4. The smallest absolute Gasteiger partial charge is 0.232 e. The Morgan fingerprint density at radius 3 is 2.47 bits per heavy atom. The molecule has 0 spiro atoms. The van der Waals surface area contributed by atoms with Crippen molar-refractivity contribution in [3.63, 3.8) is 0 Å². The summed E-state index contributed by atoms with van der Waals surface area (Å²) in [5.41, 5.74) is 4.22. The molecule has 0 saturated carbocycles. The van der Waals surface area contributed by atoms with E-state index in [0.717, 1.165) is 34.5 Å². The monoisotopic (exact) mass is 433 g/mol. The Labute approximate surface area is 190 Å². The molecule has 32 heavy (non-hydrogen) atoms. The number of ether oxygens (including phenoxy) is 2. The zero-order valence-electron chi connectivity index (χ0n) is 19.5. The van der Waals surface area contributed by atoms with E-state index >= 15 is 0 Å². The molecular weight excluding hydrogens is 402 g/mol. The zero-order chi connectivity index (χ0) is 23.0. The van der Waals surface area contributed by atoms with Crippen LogP contribution in [-0.4, -0.2) is 25.9 Å². The summed E-state index contributed by atoms with van der Waals surface area (Å²) in [7, 11) is 3.21. The molecule has 1 aliphatic carbocycles. The number of methoxy groups -OCH3 is 2. The van der Waals surface area contributed by atoms with Gasteiger partial charge in [0, 0.05) is 41.7 Å². The number of anilines is 1. The molecule has 5 nitrogen and oxygen atoms in total. The van der Waals surface area contributed by atoms with Crippen LogP contribution in [0.25, 0.3) is 0 Å². The van der Waals surface area contributed by atoms with Crippen LogP contribution in [0.3, 0.4) is 0 Å². The van der Waals surface area contributed by atoms with Crippen molar-refractivity contribution in [2.75, 3.05) is 19.1 Å². The van der Waals surface area contributed by atoms with Gasteiger partial charge < -0.3 is 9.47 Å². The number of hydrogen-bond donors (Lipinski definition) is 0. The number of carbonyl (C=O) groups is 2. The Morgan fingerprint density at radius 1 is 1.03 bits per heavy atom. The van der Waals surface area contributed by atoms with E-state index in [1.165, 1.54) is 0 Å². The molecule has 1 heterocycles. The summed E-state index contributed by atoms with van der Waals surface area (Å²) in [6, 6.07) is 13.6. The molecule has 5 heteroatoms. The summed E-state index contributed by atoms with van der Waals surface area (Å²) in [6.07, 6.45) is 2.19. The van der Waals surface area contributed by atoms with E-state index < -0.39 is 0 Å². The molecule has 1 atom stereocenters. The third-order valence-electron chi connectivity index (χ3n) is 6.57. The van der Waals surface area contributed by atoms with Crippen molar-refractivity contribution in [1.29, 1.82) is 0 Å². The van der Waals surface area contributed by atoms with Gasteiger partial charge in [-0.25, -0.2) is 0 Å². The number of allylic oxidation sites excluding steroid dienone is 2. The number of hydrogen-bond acceptors (Lipinski definition) is 4. The lowest BCUT2D eigenvalue weighted by Crippen LogP contribution is -2.44. The van der Waals surface area contributed by atoms with Crippen molar-refractivity contribution in [1.82, 2.24) is 0 Å². The molecule has 0 N–H and O–H groups in total. The van der Waals surface area contributed by atoms with Gasteiger partial charge in [0.15, 0.2) is 5.78 Å². The first-order valence-electron chi connectivity index (χ1n) is 11.2. The number of ketones is 1. The number of nitrogens with zero attached hydrogens (tertiary/aromatic N) is 1. The molecule has 4 rings (SSSR count). The predicted octanol–water partition coefficient (Wildman–Crippen LogP) is 5.43. The standard InChI is InChI=1S/C27H31NO4/c1-6-17-9-7-8-10-21(17)28-22-15-27(2,3)16-23(29)26(22)20(14-25(28)30)19-12-11-18(31-4)13-24(19)32-5/h7-13,20H,6,14-16H2,1-5H3. The first kappa shape index (κ1) is 22.1. The number of Topliss-reactive ketones (excluding diaryl/α,β-unsaturated/α-hetero) is 1. The molecule has 0 bridgehead atoms. The van der Waals surface area contributed by atoms with E-state index in [1.54, 1.807) is 14.2 Å². The molecule has 1 unspecified atom stereocenters. The van der Waals surface area contributed by atoms with Crippen LogP contribution in [-0.2, 0) is 16.0 Å². The van der Waals surface area contributed by atoms with Gasteiger partial charge in [0.05, 0.1) is 19.9 Å². The van der Waals surface area contributed by atoms with Crippen LogP contribution in [0.4, 0.5) is 5.69 Å². The molecule has 1 amide bonds. The quantitative estimate of drug-likeness (QED) is 0.631. The van der Waals surface area contributed by atoms with Crippen LogP contribution in [0, 0.1) is 5.41 Å². The number of benzene rings is 2. The second kappa shape index (κ2) is 8.45. The minimum atomic E-state index is -0.327. The number of aryl methyl sites for hydroxylation is 1. The topological polar surface area (TPSA) is 55.8 Å². The van der Waals surface area contributed by atoms with Gasteiger partial charge in [0.2, 0.25) is 5.91 Å². The molecule has 0 radical (unpaired) electrons. The highest BCUT2D eigenvalue weighted by Gasteiger charge is 2.45. The van der Waals surface area contributed by atoms with Crippen molar-refractivity contribution in [3.8, 4) is 11.5 Å². The summed E-state index contributed by atoms with van der Waals surface area (Å²) >= 11 is 0. The fourth-order valence-corrected chi connectivity index (χ4v) is 5.09. The van der Waals surface area contributed by atoms with Crippen LogP contribution in [0.5, 0.6) is 11.5 Å². The maximum atomic E-state index is 13.7. The Balaban J connectivity index is 1.93. The largest absolute Gasteiger partial charge is 0.497 e. The molecule has 0 fully saturated rings. The molecule has 168 valence electrons. The van der Waals surface area contributed by atoms with Gasteiger partial charge >= 0.3 is 0 Å². The summed E-state index contributed by atoms with van der Waals surface area (Å²) < 4.78 is 11.0. The maximum absolute atomic E-state index is 13.7. The molecule has 0 aromatic heterocycles. The number of para-hydroxylation sites is 1. The van der Waals surface area contributed by atoms with E-state index in [1.807, 2.05) is 41.3 Å². The molecule has 2 aromatic rings. The fourth-order valence-electron chi connectivity index (χ4n) is 5.09. The van der Waals surface area contributed by atoms with Gasteiger partial charge in [0.1, 0.15) is 11.5 Å². The predicted molar refractivity (Wildman–Crippen MR) is 125 cm³/mol. The van der Waals surface area contributed by atoms with Crippen LogP contribution < -0.4 is 14.4 Å². The van der Waals surface area contributed by atoms with E-state index in [4.69, 9.17) is 9.47 Å². The summed E-state index contributed by atoms with van der Waals surface area (Å²) in [5, 5.41) is 0. The fraction of sp³-hybridized carbons (Fsp3) is 0.407. The van der Waals surface area contributed by atoms with Crippen LogP contribution in [0.1, 0.15) is 57.1 Å². The van der Waals surface area contributed by atoms with Gasteiger partial charge in [-0.1, -0.05) is 45.0 Å². The third-order valence-corrected chi connectivity index (χ3v) is 6.57.